The summed E-state index contributed by atoms with van der Waals surface area (Å²) < 4.78 is 49.8. The van der Waals surface area contributed by atoms with Crippen LogP contribution in [0, 0.1) is 11.6 Å². The van der Waals surface area contributed by atoms with Crippen LogP contribution in [0.25, 0.3) is 11.4 Å². The van der Waals surface area contributed by atoms with E-state index in [1.165, 1.54) is 23.6 Å². The van der Waals surface area contributed by atoms with Crippen LogP contribution in [0.3, 0.4) is 0 Å². The molecule has 0 radical (unpaired) electrons. The number of halogens is 3. The number of amides is 1. The van der Waals surface area contributed by atoms with Crippen LogP contribution in [-0.2, 0) is 12.6 Å². The molecule has 3 aromatic rings. The first-order valence-electron chi connectivity index (χ1n) is 8.34. The van der Waals surface area contributed by atoms with Crippen molar-refractivity contribution in [2.45, 2.75) is 18.7 Å². The van der Waals surface area contributed by atoms with Crippen LogP contribution < -0.4 is 10.5 Å². The fraction of sp³-hybridized carbons (Fsp3) is 0.211. The number of fused-ring (bicyclic) bond motifs is 1. The van der Waals surface area contributed by atoms with Crippen LogP contribution in [-0.4, -0.2) is 20.7 Å². The van der Waals surface area contributed by atoms with Gasteiger partial charge in [-0.25, -0.2) is 13.2 Å². The molecule has 2 N–H and O–H groups in total. The van der Waals surface area contributed by atoms with Crippen molar-refractivity contribution in [2.24, 2.45) is 12.8 Å². The molecule has 0 bridgehead atoms. The number of hydrogen-bond acceptors (Lipinski definition) is 4. The van der Waals surface area contributed by atoms with Crippen molar-refractivity contribution in [3.8, 4) is 17.1 Å². The Morgan fingerprint density at radius 1 is 1.21 bits per heavy atom. The van der Waals surface area contributed by atoms with E-state index in [1.54, 1.807) is 19.2 Å². The Kier molecular flexibility index (Phi) is 3.91. The molecule has 2 heterocycles. The van der Waals surface area contributed by atoms with Crippen molar-refractivity contribution in [1.29, 1.82) is 0 Å². The molecule has 9 heteroatoms. The van der Waals surface area contributed by atoms with Crippen LogP contribution >= 0.6 is 0 Å². The van der Waals surface area contributed by atoms with E-state index in [1.807, 2.05) is 0 Å². The van der Waals surface area contributed by atoms with Crippen LogP contribution in [0.1, 0.15) is 34.8 Å². The Balaban J connectivity index is 1.75. The summed E-state index contributed by atoms with van der Waals surface area (Å²) in [6, 6.07) is 7.87. The number of nitrogens with two attached hydrogens (primary N) is 1. The van der Waals surface area contributed by atoms with E-state index in [2.05, 4.69) is 10.2 Å². The van der Waals surface area contributed by atoms with Crippen molar-refractivity contribution >= 4 is 5.91 Å². The normalized spacial score (nSPS) is 20.7. The van der Waals surface area contributed by atoms with Gasteiger partial charge in [0.05, 0.1) is 0 Å². The van der Waals surface area contributed by atoms with E-state index in [4.69, 9.17) is 10.5 Å². The highest BCUT2D eigenvalue weighted by molar-refractivity contribution is 5.93. The molecule has 144 valence electrons. The summed E-state index contributed by atoms with van der Waals surface area (Å²) in [5, 5.41) is 8.10. The highest BCUT2D eigenvalue weighted by Gasteiger charge is 2.51. The maximum absolute atomic E-state index is 15.2. The minimum absolute atomic E-state index is 0.102. The quantitative estimate of drug-likeness (QED) is 0.747. The molecule has 6 nitrogen and oxygen atoms in total. The van der Waals surface area contributed by atoms with Crippen LogP contribution in [0.15, 0.2) is 36.4 Å². The average Bonchev–Trinajstić information content (AvgIpc) is 3.15. The van der Waals surface area contributed by atoms with Gasteiger partial charge in [0.2, 0.25) is 11.5 Å². The smallest absolute Gasteiger partial charge is 0.248 e. The third-order valence-electron chi connectivity index (χ3n) is 4.85. The zero-order chi connectivity index (χ0) is 20.2. The largest absolute Gasteiger partial charge is 0.473 e. The summed E-state index contributed by atoms with van der Waals surface area (Å²) in [5.74, 6) is -2.29. The Morgan fingerprint density at radius 3 is 2.54 bits per heavy atom. The van der Waals surface area contributed by atoms with Gasteiger partial charge in [0, 0.05) is 29.8 Å². The Morgan fingerprint density at radius 2 is 1.89 bits per heavy atom. The highest BCUT2D eigenvalue weighted by Crippen LogP contribution is 2.51. The van der Waals surface area contributed by atoms with Crippen molar-refractivity contribution in [3.63, 3.8) is 0 Å². The molecule has 2 atom stereocenters. The number of aromatic nitrogens is 3. The van der Waals surface area contributed by atoms with E-state index >= 15 is 4.39 Å². The van der Waals surface area contributed by atoms with Crippen molar-refractivity contribution in [2.75, 3.05) is 0 Å². The standard InChI is InChI=1S/C19H15F3N4O2/c1-19(15(22)12-7-11(20)8-13(21)14(12)28-19)18-25-24-17(26(18)2)10-5-3-9(4-6-10)16(23)27/h3-8,15H,1-2H3,(H2,23,27). The lowest BCUT2D eigenvalue weighted by Gasteiger charge is -2.25. The summed E-state index contributed by atoms with van der Waals surface area (Å²) in [4.78, 5) is 11.2. The van der Waals surface area contributed by atoms with Gasteiger partial charge in [-0.15, -0.1) is 10.2 Å². The molecule has 1 aliphatic heterocycles. The molecule has 1 amide bonds. The molecule has 4 rings (SSSR count). The van der Waals surface area contributed by atoms with Crippen LogP contribution in [0.4, 0.5) is 13.2 Å². The molecule has 0 saturated heterocycles. The number of carbonyl (C=O) groups excluding carboxylic acids is 1. The maximum Gasteiger partial charge on any atom is 0.248 e. The number of carbonyl (C=O) groups is 1. The fourth-order valence-electron chi connectivity index (χ4n) is 3.39. The molecule has 0 spiro atoms. The zero-order valence-electron chi connectivity index (χ0n) is 14.9. The van der Waals surface area contributed by atoms with Gasteiger partial charge in [-0.05, 0) is 25.1 Å². The van der Waals surface area contributed by atoms with E-state index in [0.29, 0.717) is 23.0 Å². The number of hydrogen-bond donors (Lipinski definition) is 1. The first kappa shape index (κ1) is 18.0. The number of alkyl halides is 1. The summed E-state index contributed by atoms with van der Waals surface area (Å²) in [6.45, 7) is 1.40. The lowest BCUT2D eigenvalue weighted by Crippen LogP contribution is -2.33. The van der Waals surface area contributed by atoms with Gasteiger partial charge < -0.3 is 15.0 Å². The molecule has 0 aliphatic carbocycles. The molecule has 1 aliphatic rings. The van der Waals surface area contributed by atoms with E-state index in [0.717, 1.165) is 6.07 Å². The molecule has 0 saturated carbocycles. The summed E-state index contributed by atoms with van der Waals surface area (Å²) in [6.07, 6.45) is -1.85. The van der Waals surface area contributed by atoms with E-state index in [9.17, 15) is 13.6 Å². The van der Waals surface area contributed by atoms with Gasteiger partial charge in [-0.1, -0.05) is 12.1 Å². The molecule has 1 aromatic heterocycles. The summed E-state index contributed by atoms with van der Waals surface area (Å²) in [5.41, 5.74) is 4.26. The number of benzene rings is 2. The van der Waals surface area contributed by atoms with Gasteiger partial charge in [0.1, 0.15) is 5.82 Å². The predicted molar refractivity (Wildman–Crippen MR) is 93.1 cm³/mol. The molecular formula is C19H15F3N4O2. The number of ether oxygens (including phenoxy) is 1. The average molecular weight is 388 g/mol. The molecule has 0 fully saturated rings. The number of nitrogens with zero attached hydrogens (tertiary/aromatic N) is 3. The molecular weight excluding hydrogens is 373 g/mol. The first-order valence-corrected chi connectivity index (χ1v) is 8.34. The highest BCUT2D eigenvalue weighted by atomic mass is 19.1. The Hall–Kier alpha value is -3.36. The second-order valence-electron chi connectivity index (χ2n) is 6.73. The third-order valence-corrected chi connectivity index (χ3v) is 4.85. The fourth-order valence-corrected chi connectivity index (χ4v) is 3.39. The Bertz CT molecular complexity index is 1100. The summed E-state index contributed by atoms with van der Waals surface area (Å²) >= 11 is 0. The molecule has 2 unspecified atom stereocenters. The molecule has 28 heavy (non-hydrogen) atoms. The second-order valence-corrected chi connectivity index (χ2v) is 6.73. The van der Waals surface area contributed by atoms with Crippen molar-refractivity contribution in [1.82, 2.24) is 14.8 Å². The first-order chi connectivity index (χ1) is 13.2. The summed E-state index contributed by atoms with van der Waals surface area (Å²) in [7, 11) is 1.61. The topological polar surface area (TPSA) is 83.0 Å². The van der Waals surface area contributed by atoms with Gasteiger partial charge >= 0.3 is 0 Å². The van der Waals surface area contributed by atoms with Crippen LogP contribution in [0.2, 0.25) is 0 Å². The van der Waals surface area contributed by atoms with Gasteiger partial charge in [-0.3, -0.25) is 4.79 Å². The van der Waals surface area contributed by atoms with Gasteiger partial charge in [-0.2, -0.15) is 0 Å². The Labute approximate surface area is 157 Å². The lowest BCUT2D eigenvalue weighted by molar-refractivity contribution is 0.0185. The van der Waals surface area contributed by atoms with Gasteiger partial charge in [0.15, 0.2) is 29.4 Å². The third kappa shape index (κ3) is 2.54. The van der Waals surface area contributed by atoms with E-state index < -0.39 is 29.3 Å². The number of rotatable bonds is 3. The predicted octanol–water partition coefficient (Wildman–Crippen LogP) is 3.18. The van der Waals surface area contributed by atoms with E-state index in [-0.39, 0.29) is 17.1 Å². The monoisotopic (exact) mass is 388 g/mol. The van der Waals surface area contributed by atoms with Crippen molar-refractivity contribution < 1.29 is 22.7 Å². The van der Waals surface area contributed by atoms with Gasteiger partial charge in [0.25, 0.3) is 0 Å². The van der Waals surface area contributed by atoms with Crippen molar-refractivity contribution in [3.05, 3.63) is 65.0 Å². The number of primary amides is 1. The maximum atomic E-state index is 15.2. The minimum Gasteiger partial charge on any atom is -0.473 e. The zero-order valence-corrected chi connectivity index (χ0v) is 14.9. The second kappa shape index (κ2) is 6.08. The SMILES string of the molecule is Cn1c(-c2ccc(C(N)=O)cc2)nnc1C1(C)Oc2c(F)cc(F)cc2C1F. The minimum atomic E-state index is -1.85. The van der Waals surface area contributed by atoms with Crippen LogP contribution in [0.5, 0.6) is 5.75 Å². The lowest BCUT2D eigenvalue weighted by atomic mass is 9.95. The molecule has 2 aromatic carbocycles.